The molecule has 28 heavy (non-hydrogen) atoms. The molecule has 6 nitrogen and oxygen atoms in total. The first-order valence-corrected chi connectivity index (χ1v) is 11.0. The Hall–Kier alpha value is -1.80. The van der Waals surface area contributed by atoms with Crippen molar-refractivity contribution in [2.75, 3.05) is 25.0 Å². The average molecular weight is 443 g/mol. The summed E-state index contributed by atoms with van der Waals surface area (Å²) in [6.45, 7) is 2.59. The molecule has 1 saturated heterocycles. The van der Waals surface area contributed by atoms with Crippen LogP contribution in [0.1, 0.15) is 18.4 Å². The molecular weight excluding hydrogens is 423 g/mol. The number of halogens is 2. The number of benzene rings is 2. The van der Waals surface area contributed by atoms with E-state index in [0.717, 1.165) is 12.8 Å². The largest absolute Gasteiger partial charge is 0.483 e. The summed E-state index contributed by atoms with van der Waals surface area (Å²) in [6, 6.07) is 9.39. The second-order valence-electron chi connectivity index (χ2n) is 6.50. The predicted octanol–water partition coefficient (Wildman–Crippen LogP) is 4.10. The molecule has 0 spiro atoms. The summed E-state index contributed by atoms with van der Waals surface area (Å²) in [5.74, 6) is 0.0324. The number of hydrogen-bond acceptors (Lipinski definition) is 4. The summed E-state index contributed by atoms with van der Waals surface area (Å²) >= 11 is 11.9. The van der Waals surface area contributed by atoms with Gasteiger partial charge in [0.15, 0.2) is 6.61 Å². The van der Waals surface area contributed by atoms with E-state index < -0.39 is 15.9 Å². The van der Waals surface area contributed by atoms with Crippen LogP contribution in [0, 0.1) is 6.92 Å². The van der Waals surface area contributed by atoms with Crippen LogP contribution < -0.4 is 10.1 Å². The Balaban J connectivity index is 1.65. The van der Waals surface area contributed by atoms with Gasteiger partial charge in [-0.15, -0.1) is 0 Å². The minimum absolute atomic E-state index is 0.231. The highest BCUT2D eigenvalue weighted by Crippen LogP contribution is 2.27. The number of nitrogens with zero attached hydrogens (tertiary/aromatic N) is 1. The van der Waals surface area contributed by atoms with Gasteiger partial charge < -0.3 is 10.1 Å². The van der Waals surface area contributed by atoms with Gasteiger partial charge in [0.2, 0.25) is 10.0 Å². The van der Waals surface area contributed by atoms with Gasteiger partial charge in [-0.25, -0.2) is 8.42 Å². The number of carbonyl (C=O) groups is 1. The molecule has 0 atom stereocenters. The van der Waals surface area contributed by atoms with Crippen LogP contribution in [0.5, 0.6) is 5.75 Å². The molecule has 2 aromatic carbocycles. The number of sulfonamides is 1. The highest BCUT2D eigenvalue weighted by Gasteiger charge is 2.27. The van der Waals surface area contributed by atoms with E-state index in [1.54, 1.807) is 37.3 Å². The van der Waals surface area contributed by atoms with E-state index in [9.17, 15) is 13.2 Å². The molecule has 0 unspecified atom stereocenters. The third-order valence-corrected chi connectivity index (χ3v) is 6.87. The van der Waals surface area contributed by atoms with E-state index in [2.05, 4.69) is 5.32 Å². The van der Waals surface area contributed by atoms with Gasteiger partial charge in [-0.1, -0.05) is 23.2 Å². The van der Waals surface area contributed by atoms with E-state index in [4.69, 9.17) is 27.9 Å². The number of aryl methyl sites for hydroxylation is 1. The fourth-order valence-corrected chi connectivity index (χ4v) is 4.88. The minimum Gasteiger partial charge on any atom is -0.483 e. The molecule has 150 valence electrons. The predicted molar refractivity (Wildman–Crippen MR) is 110 cm³/mol. The summed E-state index contributed by atoms with van der Waals surface area (Å²) in [7, 11) is -3.49. The first-order chi connectivity index (χ1) is 13.3. The second-order valence-corrected chi connectivity index (χ2v) is 9.28. The van der Waals surface area contributed by atoms with Crippen molar-refractivity contribution in [2.24, 2.45) is 0 Å². The Morgan fingerprint density at radius 2 is 1.86 bits per heavy atom. The summed E-state index contributed by atoms with van der Waals surface area (Å²) < 4.78 is 32.3. The molecule has 0 saturated carbocycles. The van der Waals surface area contributed by atoms with Crippen LogP contribution in [-0.4, -0.2) is 38.3 Å². The molecule has 0 bridgehead atoms. The summed E-state index contributed by atoms with van der Waals surface area (Å²) in [5.41, 5.74) is 1.03. The maximum atomic E-state index is 12.6. The average Bonchev–Trinajstić information content (AvgIpc) is 3.19. The van der Waals surface area contributed by atoms with Crippen molar-refractivity contribution in [2.45, 2.75) is 24.7 Å². The van der Waals surface area contributed by atoms with Crippen LogP contribution in [0.2, 0.25) is 10.0 Å². The molecule has 1 aliphatic heterocycles. The van der Waals surface area contributed by atoms with Crippen molar-refractivity contribution in [1.82, 2.24) is 4.31 Å². The third kappa shape index (κ3) is 4.78. The van der Waals surface area contributed by atoms with Gasteiger partial charge >= 0.3 is 0 Å². The molecule has 1 heterocycles. The van der Waals surface area contributed by atoms with Gasteiger partial charge in [0.1, 0.15) is 5.75 Å². The zero-order valence-corrected chi connectivity index (χ0v) is 17.6. The Bertz CT molecular complexity index is 989. The van der Waals surface area contributed by atoms with Crippen molar-refractivity contribution in [3.8, 4) is 5.75 Å². The Morgan fingerprint density at radius 3 is 2.54 bits per heavy atom. The molecule has 0 aromatic heterocycles. The molecule has 0 radical (unpaired) electrons. The lowest BCUT2D eigenvalue weighted by Crippen LogP contribution is -2.27. The zero-order valence-electron chi connectivity index (χ0n) is 15.2. The van der Waals surface area contributed by atoms with Gasteiger partial charge in [-0.3, -0.25) is 4.79 Å². The van der Waals surface area contributed by atoms with Gasteiger partial charge in [0.05, 0.1) is 15.6 Å². The van der Waals surface area contributed by atoms with E-state index in [1.165, 1.54) is 10.4 Å². The van der Waals surface area contributed by atoms with Crippen LogP contribution in [0.3, 0.4) is 0 Å². The first-order valence-electron chi connectivity index (χ1n) is 8.76. The van der Waals surface area contributed by atoms with Crippen molar-refractivity contribution < 1.29 is 17.9 Å². The molecule has 9 heteroatoms. The number of amides is 1. The summed E-state index contributed by atoms with van der Waals surface area (Å²) in [5, 5.41) is 3.45. The highest BCUT2D eigenvalue weighted by atomic mass is 35.5. The zero-order chi connectivity index (χ0) is 20.3. The highest BCUT2D eigenvalue weighted by molar-refractivity contribution is 7.89. The van der Waals surface area contributed by atoms with E-state index in [-0.39, 0.29) is 11.5 Å². The Labute approximate surface area is 174 Å². The van der Waals surface area contributed by atoms with Crippen LogP contribution >= 0.6 is 23.2 Å². The van der Waals surface area contributed by atoms with Gasteiger partial charge in [0.25, 0.3) is 5.91 Å². The number of rotatable bonds is 6. The third-order valence-electron chi connectivity index (χ3n) is 4.41. The van der Waals surface area contributed by atoms with Gasteiger partial charge in [0, 0.05) is 18.1 Å². The SMILES string of the molecule is Cc1cc(S(=O)(=O)N2CCCC2)ccc1OCC(=O)Nc1cc(Cl)ccc1Cl. The lowest BCUT2D eigenvalue weighted by atomic mass is 10.2. The van der Waals surface area contributed by atoms with Gasteiger partial charge in [-0.2, -0.15) is 4.31 Å². The molecule has 1 aliphatic rings. The first kappa shape index (κ1) is 20.9. The lowest BCUT2D eigenvalue weighted by molar-refractivity contribution is -0.118. The number of hydrogen-bond donors (Lipinski definition) is 1. The van der Waals surface area contributed by atoms with Crippen molar-refractivity contribution >= 4 is 44.8 Å². The molecule has 1 N–H and O–H groups in total. The monoisotopic (exact) mass is 442 g/mol. The molecule has 0 aliphatic carbocycles. The quantitative estimate of drug-likeness (QED) is 0.730. The number of carbonyl (C=O) groups excluding carboxylic acids is 1. The molecule has 2 aromatic rings. The van der Waals surface area contributed by atoms with Crippen LogP contribution in [-0.2, 0) is 14.8 Å². The van der Waals surface area contributed by atoms with E-state index >= 15 is 0 Å². The smallest absolute Gasteiger partial charge is 0.262 e. The van der Waals surface area contributed by atoms with Crippen LogP contribution in [0.4, 0.5) is 5.69 Å². The van der Waals surface area contributed by atoms with Crippen molar-refractivity contribution in [3.05, 3.63) is 52.0 Å². The Kier molecular flexibility index (Phi) is 6.50. The molecular formula is C19H20Cl2N2O4S. The summed E-state index contributed by atoms with van der Waals surface area (Å²) in [4.78, 5) is 12.4. The van der Waals surface area contributed by atoms with Crippen molar-refractivity contribution in [3.63, 3.8) is 0 Å². The standard InChI is InChI=1S/C19H20Cl2N2O4S/c1-13-10-15(28(25,26)23-8-2-3-9-23)5-7-18(13)27-12-19(24)22-17-11-14(20)4-6-16(17)21/h4-7,10-11H,2-3,8-9,12H2,1H3,(H,22,24). The summed E-state index contributed by atoms with van der Waals surface area (Å²) in [6.07, 6.45) is 1.76. The van der Waals surface area contributed by atoms with E-state index in [1.807, 2.05) is 0 Å². The number of anilines is 1. The maximum Gasteiger partial charge on any atom is 0.262 e. The normalized spacial score (nSPS) is 14.8. The van der Waals surface area contributed by atoms with Crippen molar-refractivity contribution in [1.29, 1.82) is 0 Å². The maximum absolute atomic E-state index is 12.6. The minimum atomic E-state index is -3.49. The fourth-order valence-electron chi connectivity index (χ4n) is 2.94. The molecule has 1 fully saturated rings. The van der Waals surface area contributed by atoms with Crippen LogP contribution in [0.15, 0.2) is 41.3 Å². The van der Waals surface area contributed by atoms with Crippen LogP contribution in [0.25, 0.3) is 0 Å². The molecule has 1 amide bonds. The fraction of sp³-hybridized carbons (Fsp3) is 0.316. The van der Waals surface area contributed by atoms with Gasteiger partial charge in [-0.05, 0) is 61.7 Å². The number of ether oxygens (including phenoxy) is 1. The Morgan fingerprint density at radius 1 is 1.14 bits per heavy atom. The van der Waals surface area contributed by atoms with E-state index in [0.29, 0.717) is 40.1 Å². The number of nitrogens with one attached hydrogen (secondary N) is 1. The second kappa shape index (κ2) is 8.69. The lowest BCUT2D eigenvalue weighted by Gasteiger charge is -2.17. The topological polar surface area (TPSA) is 75.7 Å². The molecule has 3 rings (SSSR count).